The topological polar surface area (TPSA) is 50.4 Å². The zero-order valence-corrected chi connectivity index (χ0v) is 14.7. The highest BCUT2D eigenvalue weighted by atomic mass is 35.5. The lowest BCUT2D eigenvalue weighted by atomic mass is 9.76. The van der Waals surface area contributed by atoms with Crippen molar-refractivity contribution in [3.63, 3.8) is 0 Å². The largest absolute Gasteiger partial charge is 0.444 e. The monoisotopic (exact) mass is 336 g/mol. The van der Waals surface area contributed by atoms with E-state index in [9.17, 15) is 4.79 Å². The van der Waals surface area contributed by atoms with Gasteiger partial charge in [0.1, 0.15) is 5.60 Å². The van der Waals surface area contributed by atoms with Crippen molar-refractivity contribution >= 4 is 17.7 Å². The molecule has 0 bridgehead atoms. The summed E-state index contributed by atoms with van der Waals surface area (Å²) in [4.78, 5) is 11.7. The lowest BCUT2D eigenvalue weighted by molar-refractivity contribution is 0.0521. The maximum Gasteiger partial charge on any atom is 0.407 e. The third-order valence-corrected chi connectivity index (χ3v) is 4.67. The fourth-order valence-electron chi connectivity index (χ4n) is 3.06. The average molecular weight is 337 g/mol. The third-order valence-electron chi connectivity index (χ3n) is 4.42. The predicted molar refractivity (Wildman–Crippen MR) is 91.9 cm³/mol. The van der Waals surface area contributed by atoms with Crippen LogP contribution in [0.2, 0.25) is 5.02 Å². The normalized spacial score (nSPS) is 29.6. The zero-order chi connectivity index (χ0) is 16.6. The third kappa shape index (κ3) is 4.61. The summed E-state index contributed by atoms with van der Waals surface area (Å²) < 4.78 is 5.28. The molecule has 1 amide bonds. The summed E-state index contributed by atoms with van der Waals surface area (Å²) in [7, 11) is 0. The van der Waals surface area contributed by atoms with Crippen molar-refractivity contribution in [1.82, 2.24) is 10.6 Å². The van der Waals surface area contributed by atoms with E-state index in [-0.39, 0.29) is 12.1 Å². The lowest BCUT2D eigenvalue weighted by Gasteiger charge is -2.36. The second kappa shape index (κ2) is 6.33. The molecule has 2 aliphatic rings. The number of rotatable bonds is 4. The molecule has 2 unspecified atom stereocenters. The van der Waals surface area contributed by atoms with Gasteiger partial charge < -0.3 is 15.4 Å². The Morgan fingerprint density at radius 1 is 1.13 bits per heavy atom. The van der Waals surface area contributed by atoms with E-state index in [2.05, 4.69) is 22.8 Å². The van der Waals surface area contributed by atoms with E-state index in [1.807, 2.05) is 32.9 Å². The molecule has 4 nitrogen and oxygen atoms in total. The summed E-state index contributed by atoms with van der Waals surface area (Å²) in [5, 5.41) is 7.34. The van der Waals surface area contributed by atoms with E-state index >= 15 is 0 Å². The molecule has 0 radical (unpaired) electrons. The number of halogens is 1. The molecule has 0 heterocycles. The summed E-state index contributed by atoms with van der Waals surface area (Å²) in [6.07, 6.45) is 2.97. The Kier molecular flexibility index (Phi) is 4.56. The minimum Gasteiger partial charge on any atom is -0.444 e. The fourth-order valence-corrected chi connectivity index (χ4v) is 3.19. The van der Waals surface area contributed by atoms with Crippen LogP contribution >= 0.6 is 11.6 Å². The molecule has 3 rings (SSSR count). The number of hydrogen-bond donors (Lipinski definition) is 2. The number of carbonyl (C=O) groups excluding carboxylic acids is 1. The van der Waals surface area contributed by atoms with E-state index in [1.54, 1.807) is 0 Å². The number of ether oxygens (including phenoxy) is 1. The molecule has 2 saturated carbocycles. The van der Waals surface area contributed by atoms with Crippen LogP contribution < -0.4 is 10.6 Å². The molecule has 0 aromatic heterocycles. The molecule has 126 valence electrons. The summed E-state index contributed by atoms with van der Waals surface area (Å²) in [6.45, 7) is 5.63. The quantitative estimate of drug-likeness (QED) is 0.878. The molecular formula is C18H25ClN2O2. The molecule has 23 heavy (non-hydrogen) atoms. The van der Waals surface area contributed by atoms with E-state index in [0.29, 0.717) is 18.0 Å². The SMILES string of the molecule is CC(C)(C)OC(=O)NC1CC1NC1CC(c2ccc(Cl)cc2)C1. The maximum absolute atomic E-state index is 11.7. The van der Waals surface area contributed by atoms with Crippen LogP contribution in [0.15, 0.2) is 24.3 Å². The molecular weight excluding hydrogens is 312 g/mol. The molecule has 1 aromatic carbocycles. The van der Waals surface area contributed by atoms with Crippen molar-refractivity contribution in [3.8, 4) is 0 Å². The Hall–Kier alpha value is -1.26. The van der Waals surface area contributed by atoms with E-state index in [4.69, 9.17) is 16.3 Å². The van der Waals surface area contributed by atoms with Gasteiger partial charge in [-0.2, -0.15) is 0 Å². The zero-order valence-electron chi connectivity index (χ0n) is 13.9. The van der Waals surface area contributed by atoms with Gasteiger partial charge in [0.15, 0.2) is 0 Å². The minimum absolute atomic E-state index is 0.208. The van der Waals surface area contributed by atoms with Gasteiger partial charge >= 0.3 is 6.09 Å². The van der Waals surface area contributed by atoms with Crippen LogP contribution in [0.3, 0.4) is 0 Å². The van der Waals surface area contributed by atoms with Crippen LogP contribution in [0.25, 0.3) is 0 Å². The molecule has 0 aliphatic heterocycles. The van der Waals surface area contributed by atoms with E-state index < -0.39 is 5.60 Å². The maximum atomic E-state index is 11.7. The number of alkyl carbamates (subject to hydrolysis) is 1. The van der Waals surface area contributed by atoms with Crippen molar-refractivity contribution in [2.75, 3.05) is 0 Å². The van der Waals surface area contributed by atoms with Gasteiger partial charge in [-0.3, -0.25) is 0 Å². The average Bonchev–Trinajstić information content (AvgIpc) is 3.10. The van der Waals surface area contributed by atoms with Crippen molar-refractivity contribution in [1.29, 1.82) is 0 Å². The molecule has 0 spiro atoms. The number of hydrogen-bond acceptors (Lipinski definition) is 3. The second-order valence-electron chi connectivity index (χ2n) is 7.68. The summed E-state index contributed by atoms with van der Waals surface area (Å²) >= 11 is 5.92. The summed E-state index contributed by atoms with van der Waals surface area (Å²) in [6, 6.07) is 9.29. The Balaban J connectivity index is 1.36. The van der Waals surface area contributed by atoms with Crippen LogP contribution in [0, 0.1) is 0 Å². The van der Waals surface area contributed by atoms with Gasteiger partial charge in [-0.25, -0.2) is 4.79 Å². The highest BCUT2D eigenvalue weighted by Crippen LogP contribution is 2.38. The van der Waals surface area contributed by atoms with Crippen LogP contribution in [-0.2, 0) is 4.74 Å². The van der Waals surface area contributed by atoms with Crippen molar-refractivity contribution in [3.05, 3.63) is 34.9 Å². The number of nitrogens with one attached hydrogen (secondary N) is 2. The van der Waals surface area contributed by atoms with Gasteiger partial charge in [0.25, 0.3) is 0 Å². The molecule has 0 saturated heterocycles. The first-order valence-electron chi connectivity index (χ1n) is 8.31. The van der Waals surface area contributed by atoms with Gasteiger partial charge in [-0.1, -0.05) is 23.7 Å². The molecule has 2 atom stereocenters. The van der Waals surface area contributed by atoms with Crippen LogP contribution in [-0.4, -0.2) is 29.8 Å². The van der Waals surface area contributed by atoms with Gasteiger partial charge in [0.05, 0.1) is 0 Å². The van der Waals surface area contributed by atoms with Crippen molar-refractivity contribution in [2.45, 2.75) is 69.7 Å². The lowest BCUT2D eigenvalue weighted by Crippen LogP contribution is -2.44. The van der Waals surface area contributed by atoms with Gasteiger partial charge in [-0.05, 0) is 63.6 Å². The van der Waals surface area contributed by atoms with Gasteiger partial charge in [0.2, 0.25) is 0 Å². The van der Waals surface area contributed by atoms with Crippen LogP contribution in [0.1, 0.15) is 51.5 Å². The first-order chi connectivity index (χ1) is 10.8. The van der Waals surface area contributed by atoms with Crippen LogP contribution in [0.4, 0.5) is 4.79 Å². The van der Waals surface area contributed by atoms with E-state index in [1.165, 1.54) is 5.56 Å². The summed E-state index contributed by atoms with van der Waals surface area (Å²) in [5.41, 5.74) is 0.925. The fraction of sp³-hybridized carbons (Fsp3) is 0.611. The highest BCUT2D eigenvalue weighted by Gasteiger charge is 2.42. The first-order valence-corrected chi connectivity index (χ1v) is 8.69. The molecule has 5 heteroatoms. The van der Waals surface area contributed by atoms with Crippen molar-refractivity contribution < 1.29 is 9.53 Å². The number of carbonyl (C=O) groups is 1. The molecule has 2 aliphatic carbocycles. The number of amides is 1. The highest BCUT2D eigenvalue weighted by molar-refractivity contribution is 6.30. The summed E-state index contributed by atoms with van der Waals surface area (Å²) in [5.74, 6) is 0.626. The number of benzene rings is 1. The molecule has 1 aromatic rings. The second-order valence-corrected chi connectivity index (χ2v) is 8.11. The molecule has 2 N–H and O–H groups in total. The smallest absolute Gasteiger partial charge is 0.407 e. The van der Waals surface area contributed by atoms with E-state index in [0.717, 1.165) is 24.3 Å². The van der Waals surface area contributed by atoms with Gasteiger partial charge in [0, 0.05) is 23.1 Å². The Morgan fingerprint density at radius 3 is 2.39 bits per heavy atom. The van der Waals surface area contributed by atoms with Gasteiger partial charge in [-0.15, -0.1) is 0 Å². The minimum atomic E-state index is -0.443. The van der Waals surface area contributed by atoms with Crippen molar-refractivity contribution in [2.24, 2.45) is 0 Å². The first kappa shape index (κ1) is 16.6. The Bertz CT molecular complexity index is 561. The Labute approximate surface area is 142 Å². The molecule has 2 fully saturated rings. The Morgan fingerprint density at radius 2 is 1.78 bits per heavy atom. The predicted octanol–water partition coefficient (Wildman–Crippen LogP) is 3.84. The van der Waals surface area contributed by atoms with Crippen LogP contribution in [0.5, 0.6) is 0 Å². The standard InChI is InChI=1S/C18H25ClN2O2/c1-18(2,3)23-17(22)21-16-10-15(16)20-14-8-12(9-14)11-4-6-13(19)7-5-11/h4-7,12,14-16,20H,8-10H2,1-3H3,(H,21,22).